The van der Waals surface area contributed by atoms with E-state index in [1.165, 1.54) is 36.4 Å². The second-order valence-electron chi connectivity index (χ2n) is 18.1. The van der Waals surface area contributed by atoms with Crippen molar-refractivity contribution in [3.63, 3.8) is 0 Å². The first-order valence-electron chi connectivity index (χ1n) is 20.9. The Labute approximate surface area is 345 Å². The van der Waals surface area contributed by atoms with E-state index in [4.69, 9.17) is 14.1 Å². The summed E-state index contributed by atoms with van der Waals surface area (Å²) >= 11 is 0. The highest BCUT2D eigenvalue weighted by molar-refractivity contribution is 6.80. The lowest BCUT2D eigenvalue weighted by Crippen LogP contribution is -2.70. The fourth-order valence-corrected chi connectivity index (χ4v) is 8.77. The number of carbonyl (C=O) groups is 6. The summed E-state index contributed by atoms with van der Waals surface area (Å²) in [5.41, 5.74) is -2.65. The van der Waals surface area contributed by atoms with Gasteiger partial charge in [0.05, 0.1) is 22.1 Å². The van der Waals surface area contributed by atoms with Crippen molar-refractivity contribution in [2.24, 2.45) is 28.1 Å². The van der Waals surface area contributed by atoms with Gasteiger partial charge < -0.3 is 34.7 Å². The van der Waals surface area contributed by atoms with Gasteiger partial charge in [-0.25, -0.2) is 4.90 Å². The molecule has 3 N–H and O–H groups in total. The molecule has 2 aliphatic heterocycles. The van der Waals surface area contributed by atoms with Gasteiger partial charge in [-0.15, -0.1) is 5.46 Å². The number of hydroxylamine groups is 1. The minimum Gasteiger partial charge on any atom is -0.670 e. The quantitative estimate of drug-likeness (QED) is 0.0763. The van der Waals surface area contributed by atoms with E-state index in [9.17, 15) is 39.0 Å². The van der Waals surface area contributed by atoms with Crippen molar-refractivity contribution in [1.29, 1.82) is 0 Å². The molecule has 2 unspecified atom stereocenters. The van der Waals surface area contributed by atoms with Crippen LogP contribution in [0.3, 0.4) is 0 Å². The summed E-state index contributed by atoms with van der Waals surface area (Å²) in [7, 11) is 0. The number of fused-ring (bicyclic) bond motifs is 1. The van der Waals surface area contributed by atoms with Crippen LogP contribution in [0.1, 0.15) is 121 Å². The molecular formula is C44H57BN3O11-. The molecule has 4 aliphatic rings. The molecular weight excluding hydrogens is 757 g/mol. The maximum Gasteiger partial charge on any atom is 0.454 e. The van der Waals surface area contributed by atoms with Crippen molar-refractivity contribution >= 4 is 53.4 Å². The largest absolute Gasteiger partial charge is 0.670 e. The van der Waals surface area contributed by atoms with Crippen LogP contribution < -0.4 is 20.3 Å². The normalized spacial score (nSPS) is 21.6. The second kappa shape index (κ2) is 17.3. The van der Waals surface area contributed by atoms with Crippen LogP contribution >= 0.6 is 0 Å². The molecule has 0 saturated heterocycles. The highest BCUT2D eigenvalue weighted by atomic mass is 16.6. The van der Waals surface area contributed by atoms with E-state index in [2.05, 4.69) is 5.32 Å². The second-order valence-corrected chi connectivity index (χ2v) is 18.1. The number of hydrogen-bond acceptors (Lipinski definition) is 11. The zero-order valence-electron chi connectivity index (χ0n) is 34.8. The van der Waals surface area contributed by atoms with Gasteiger partial charge in [-0.05, 0) is 95.9 Å². The van der Waals surface area contributed by atoms with Crippen LogP contribution in [0.2, 0.25) is 0 Å². The number of rotatable bonds is 13. The summed E-state index contributed by atoms with van der Waals surface area (Å²) in [5, 5.41) is 25.4. The first-order valence-corrected chi connectivity index (χ1v) is 20.9. The van der Waals surface area contributed by atoms with Gasteiger partial charge in [0.2, 0.25) is 11.8 Å². The number of esters is 2. The molecule has 59 heavy (non-hydrogen) atoms. The van der Waals surface area contributed by atoms with E-state index in [1.54, 1.807) is 13.0 Å². The van der Waals surface area contributed by atoms with E-state index in [0.717, 1.165) is 87.7 Å². The Morgan fingerprint density at radius 1 is 0.780 bits per heavy atom. The summed E-state index contributed by atoms with van der Waals surface area (Å²) < 4.78 is 17.8. The molecule has 0 aromatic heterocycles. The molecule has 2 atom stereocenters. The number of anilines is 1. The SMILES string of the molecule is CC(COC(=O)C(C)(C)C1CCCCCC1)(COC(=O)C(C)(C)C1CCCCC1)C(=O)NCc1ccc2c(c1)O[B-](O)(c1cccc(N3C(=O)C=CC3=O)c1)N(O)C2=O. The average molecular weight is 815 g/mol. The number of benzene rings is 2. The molecule has 2 aromatic carbocycles. The van der Waals surface area contributed by atoms with Gasteiger partial charge in [0, 0.05) is 24.4 Å². The molecule has 0 spiro atoms. The van der Waals surface area contributed by atoms with Crippen LogP contribution in [0.25, 0.3) is 0 Å². The molecule has 2 aromatic rings. The topological polar surface area (TPSA) is 189 Å². The Kier molecular flexibility index (Phi) is 12.8. The van der Waals surface area contributed by atoms with Gasteiger partial charge in [0.25, 0.3) is 11.8 Å². The van der Waals surface area contributed by atoms with Crippen LogP contribution in [0.4, 0.5) is 5.69 Å². The van der Waals surface area contributed by atoms with Gasteiger partial charge in [0.1, 0.15) is 18.6 Å². The van der Waals surface area contributed by atoms with Crippen LogP contribution in [0.5, 0.6) is 5.75 Å². The number of amides is 4. The van der Waals surface area contributed by atoms with Crippen LogP contribution in [-0.4, -0.2) is 70.7 Å². The van der Waals surface area contributed by atoms with E-state index in [0.29, 0.717) is 5.56 Å². The highest BCUT2D eigenvalue weighted by Crippen LogP contribution is 2.41. The smallest absolute Gasteiger partial charge is 0.454 e. The Bertz CT molecular complexity index is 1980. The average Bonchev–Trinajstić information content (AvgIpc) is 3.37. The van der Waals surface area contributed by atoms with E-state index in [1.807, 2.05) is 27.7 Å². The third kappa shape index (κ3) is 8.96. The predicted molar refractivity (Wildman–Crippen MR) is 218 cm³/mol. The monoisotopic (exact) mass is 814 g/mol. The lowest BCUT2D eigenvalue weighted by atomic mass is 9.62. The summed E-state index contributed by atoms with van der Waals surface area (Å²) in [6.45, 7) is 4.74. The number of ether oxygens (including phenoxy) is 2. The number of nitrogens with one attached hydrogen (secondary N) is 1. The lowest BCUT2D eigenvalue weighted by Gasteiger charge is -2.47. The minimum atomic E-state index is -3.62. The standard InChI is InChI=1S/C44H57BN3O11/c1-42(2,30-14-9-6-7-10-15-30)40(53)57-27-44(5,28-58-41(54)43(3,4)31-16-11-8-12-17-31)39(52)46-26-29-20-21-34-35(24-29)59-45(55,48(56)38(34)51)32-18-13-19-33(25-32)47-36(49)22-23-37(47)50/h13,18-25,30-31,55-56H,6-12,14-17,26-28H2,1-5H3,(H,46,52)/q-1. The van der Waals surface area contributed by atoms with Crippen molar-refractivity contribution in [3.05, 3.63) is 65.7 Å². The Hall–Kier alpha value is -5.02. The molecule has 0 radical (unpaired) electrons. The zero-order chi connectivity index (χ0) is 42.8. The molecule has 2 saturated carbocycles. The maximum atomic E-state index is 14.2. The van der Waals surface area contributed by atoms with Gasteiger partial charge >= 0.3 is 18.6 Å². The fourth-order valence-electron chi connectivity index (χ4n) is 8.77. The molecule has 318 valence electrons. The van der Waals surface area contributed by atoms with Crippen molar-refractivity contribution < 1.29 is 53.1 Å². The number of carbonyl (C=O) groups excluding carboxylic acids is 6. The zero-order valence-corrected chi connectivity index (χ0v) is 34.8. The molecule has 2 aliphatic carbocycles. The minimum absolute atomic E-state index is 0.0695. The number of hydrogen-bond donors (Lipinski definition) is 3. The summed E-state index contributed by atoms with van der Waals surface area (Å²) in [4.78, 5) is 80.4. The molecule has 2 heterocycles. The van der Waals surface area contributed by atoms with Crippen LogP contribution in [-0.2, 0) is 40.0 Å². The third-order valence-electron chi connectivity index (χ3n) is 13.1. The Morgan fingerprint density at radius 3 is 1.85 bits per heavy atom. The van der Waals surface area contributed by atoms with Gasteiger partial charge in [-0.2, -0.15) is 0 Å². The Balaban J connectivity index is 1.19. The van der Waals surface area contributed by atoms with Gasteiger partial charge in [0.15, 0.2) is 0 Å². The molecule has 0 bridgehead atoms. The van der Waals surface area contributed by atoms with Gasteiger partial charge in [-0.3, -0.25) is 28.8 Å². The van der Waals surface area contributed by atoms with Crippen LogP contribution in [0, 0.1) is 28.1 Å². The van der Waals surface area contributed by atoms with Crippen molar-refractivity contribution in [2.75, 3.05) is 18.1 Å². The number of imide groups is 1. The van der Waals surface area contributed by atoms with Crippen molar-refractivity contribution in [2.45, 2.75) is 112 Å². The van der Waals surface area contributed by atoms with Crippen molar-refractivity contribution in [3.8, 4) is 5.75 Å². The summed E-state index contributed by atoms with van der Waals surface area (Å²) in [6, 6.07) is 9.90. The molecule has 14 nitrogen and oxygen atoms in total. The van der Waals surface area contributed by atoms with E-state index in [-0.39, 0.29) is 59.0 Å². The molecule has 2 fully saturated rings. The first kappa shape index (κ1) is 43.6. The van der Waals surface area contributed by atoms with Gasteiger partial charge in [-0.1, -0.05) is 69.2 Å². The number of nitrogens with zero attached hydrogens (tertiary/aromatic N) is 2. The lowest BCUT2D eigenvalue weighted by molar-refractivity contribution is -0.170. The van der Waals surface area contributed by atoms with Crippen LogP contribution in [0.15, 0.2) is 54.6 Å². The van der Waals surface area contributed by atoms with E-state index < -0.39 is 58.5 Å². The Morgan fingerprint density at radius 2 is 1.31 bits per heavy atom. The molecule has 4 amide bonds. The summed E-state index contributed by atoms with van der Waals surface area (Å²) in [5.74, 6) is -3.34. The van der Waals surface area contributed by atoms with Crippen molar-refractivity contribution in [1.82, 2.24) is 10.3 Å². The molecule has 15 heteroatoms. The highest BCUT2D eigenvalue weighted by Gasteiger charge is 2.46. The predicted octanol–water partition coefficient (Wildman–Crippen LogP) is 5.49. The maximum absolute atomic E-state index is 14.2. The molecule has 6 rings (SSSR count). The first-order chi connectivity index (χ1) is 27.9. The summed E-state index contributed by atoms with van der Waals surface area (Å²) in [6.07, 6.45) is 13.5. The third-order valence-corrected chi connectivity index (χ3v) is 13.1. The van der Waals surface area contributed by atoms with E-state index >= 15 is 0 Å². The fraction of sp³-hybridized carbons (Fsp3) is 0.545.